The first-order valence-corrected chi connectivity index (χ1v) is 10.2. The molecule has 2 heterocycles. The Labute approximate surface area is 158 Å². The van der Waals surface area contributed by atoms with Crippen molar-refractivity contribution in [3.63, 3.8) is 0 Å². The third-order valence-electron chi connectivity index (χ3n) is 5.74. The molecule has 5 heteroatoms. The van der Waals surface area contributed by atoms with Gasteiger partial charge in [-0.05, 0) is 56.8 Å². The SMILES string of the molecule is Cc1ccccc1CN1CCC(NC(=O)NCCN2CCCCC2)CC1. The summed E-state index contributed by atoms with van der Waals surface area (Å²) in [5, 5.41) is 6.19. The zero-order valence-corrected chi connectivity index (χ0v) is 16.2. The van der Waals surface area contributed by atoms with E-state index in [2.05, 4.69) is 51.6 Å². The van der Waals surface area contributed by atoms with Crippen LogP contribution < -0.4 is 10.6 Å². The van der Waals surface area contributed by atoms with Crippen molar-refractivity contribution >= 4 is 6.03 Å². The van der Waals surface area contributed by atoms with Crippen LogP contribution in [0.1, 0.15) is 43.2 Å². The fourth-order valence-corrected chi connectivity index (χ4v) is 4.01. The standard InChI is InChI=1S/C21H34N4O/c1-18-7-3-4-8-19(18)17-25-14-9-20(10-15-25)23-21(26)22-11-16-24-12-5-2-6-13-24/h3-4,7-8,20H,2,5-6,9-17H2,1H3,(H2,22,23,26). The molecule has 0 bridgehead atoms. The molecular formula is C21H34N4O. The van der Waals surface area contributed by atoms with Gasteiger partial charge in [0, 0.05) is 38.8 Å². The van der Waals surface area contributed by atoms with Gasteiger partial charge in [0.05, 0.1) is 0 Å². The number of carbonyl (C=O) groups is 1. The predicted molar refractivity (Wildman–Crippen MR) is 106 cm³/mol. The van der Waals surface area contributed by atoms with Gasteiger partial charge in [-0.2, -0.15) is 0 Å². The number of hydrogen-bond acceptors (Lipinski definition) is 3. The molecule has 0 aromatic heterocycles. The summed E-state index contributed by atoms with van der Waals surface area (Å²) < 4.78 is 0. The number of benzene rings is 1. The summed E-state index contributed by atoms with van der Waals surface area (Å²) in [6, 6.07) is 8.91. The highest BCUT2D eigenvalue weighted by molar-refractivity contribution is 5.74. The molecule has 3 rings (SSSR count). The highest BCUT2D eigenvalue weighted by Crippen LogP contribution is 2.16. The van der Waals surface area contributed by atoms with E-state index in [0.29, 0.717) is 6.04 Å². The minimum Gasteiger partial charge on any atom is -0.337 e. The van der Waals surface area contributed by atoms with Gasteiger partial charge < -0.3 is 15.5 Å². The van der Waals surface area contributed by atoms with Crippen LogP contribution in [0.25, 0.3) is 0 Å². The van der Waals surface area contributed by atoms with Gasteiger partial charge in [-0.1, -0.05) is 30.7 Å². The van der Waals surface area contributed by atoms with Crippen molar-refractivity contribution in [1.29, 1.82) is 0 Å². The minimum atomic E-state index is -0.000590. The predicted octanol–water partition coefficient (Wildman–Crippen LogP) is 2.74. The highest BCUT2D eigenvalue weighted by Gasteiger charge is 2.21. The lowest BCUT2D eigenvalue weighted by molar-refractivity contribution is 0.185. The number of piperidine rings is 2. The summed E-state index contributed by atoms with van der Waals surface area (Å²) in [5.41, 5.74) is 2.77. The molecule has 2 aliphatic rings. The molecule has 0 radical (unpaired) electrons. The largest absolute Gasteiger partial charge is 0.337 e. The van der Waals surface area contributed by atoms with Gasteiger partial charge in [-0.15, -0.1) is 0 Å². The van der Waals surface area contributed by atoms with E-state index in [9.17, 15) is 4.79 Å². The van der Waals surface area contributed by atoms with Crippen LogP contribution in [0.3, 0.4) is 0 Å². The van der Waals surface area contributed by atoms with Gasteiger partial charge in [-0.25, -0.2) is 4.79 Å². The summed E-state index contributed by atoms with van der Waals surface area (Å²) in [7, 11) is 0. The third kappa shape index (κ3) is 5.99. The molecule has 2 amide bonds. The Morgan fingerprint density at radius 1 is 1.04 bits per heavy atom. The van der Waals surface area contributed by atoms with Gasteiger partial charge in [0.2, 0.25) is 0 Å². The van der Waals surface area contributed by atoms with E-state index >= 15 is 0 Å². The van der Waals surface area contributed by atoms with Crippen LogP contribution in [-0.2, 0) is 6.54 Å². The van der Waals surface area contributed by atoms with Crippen molar-refractivity contribution in [2.24, 2.45) is 0 Å². The molecule has 2 aliphatic heterocycles. The van der Waals surface area contributed by atoms with Gasteiger partial charge in [0.1, 0.15) is 0 Å². The van der Waals surface area contributed by atoms with Gasteiger partial charge in [0.15, 0.2) is 0 Å². The van der Waals surface area contributed by atoms with Crippen LogP contribution >= 0.6 is 0 Å². The molecule has 0 saturated carbocycles. The summed E-state index contributed by atoms with van der Waals surface area (Å²) in [6.07, 6.45) is 6.02. The lowest BCUT2D eigenvalue weighted by atomic mass is 10.0. The molecule has 0 spiro atoms. The second kappa shape index (κ2) is 9.93. The maximum Gasteiger partial charge on any atom is 0.315 e. The zero-order chi connectivity index (χ0) is 18.2. The van der Waals surface area contributed by atoms with Gasteiger partial charge >= 0.3 is 6.03 Å². The second-order valence-corrected chi connectivity index (χ2v) is 7.78. The Hall–Kier alpha value is -1.59. The van der Waals surface area contributed by atoms with E-state index in [1.165, 1.54) is 43.5 Å². The molecule has 2 saturated heterocycles. The Morgan fingerprint density at radius 2 is 1.77 bits per heavy atom. The molecule has 0 unspecified atom stereocenters. The van der Waals surface area contributed by atoms with Crippen LogP contribution in [0.2, 0.25) is 0 Å². The number of likely N-dealkylation sites (tertiary alicyclic amines) is 2. The number of amides is 2. The van der Waals surface area contributed by atoms with Crippen LogP contribution in [0.4, 0.5) is 4.79 Å². The quantitative estimate of drug-likeness (QED) is 0.822. The number of nitrogens with one attached hydrogen (secondary N) is 2. The topological polar surface area (TPSA) is 47.6 Å². The normalized spacial score (nSPS) is 20.0. The molecule has 0 atom stereocenters. The van der Waals surface area contributed by atoms with Crippen LogP contribution in [0, 0.1) is 6.92 Å². The monoisotopic (exact) mass is 358 g/mol. The molecule has 1 aromatic carbocycles. The van der Waals surface area contributed by atoms with E-state index in [1.807, 2.05) is 0 Å². The molecule has 1 aromatic rings. The fraction of sp³-hybridized carbons (Fsp3) is 0.667. The molecule has 0 aliphatic carbocycles. The molecule has 5 nitrogen and oxygen atoms in total. The van der Waals surface area contributed by atoms with Crippen molar-refractivity contribution in [2.75, 3.05) is 39.3 Å². The van der Waals surface area contributed by atoms with Gasteiger partial charge in [-0.3, -0.25) is 4.90 Å². The Morgan fingerprint density at radius 3 is 2.50 bits per heavy atom. The first-order chi connectivity index (χ1) is 12.7. The summed E-state index contributed by atoms with van der Waals surface area (Å²) in [5.74, 6) is 0. The maximum absolute atomic E-state index is 12.1. The minimum absolute atomic E-state index is 0.000590. The van der Waals surface area contributed by atoms with Crippen molar-refractivity contribution < 1.29 is 4.79 Å². The molecule has 2 fully saturated rings. The number of carbonyl (C=O) groups excluding carboxylic acids is 1. The Bertz CT molecular complexity index is 563. The van der Waals surface area contributed by atoms with E-state index in [-0.39, 0.29) is 6.03 Å². The Kier molecular flexibility index (Phi) is 7.32. The van der Waals surface area contributed by atoms with Crippen molar-refractivity contribution in [3.05, 3.63) is 35.4 Å². The second-order valence-electron chi connectivity index (χ2n) is 7.78. The molecule has 26 heavy (non-hydrogen) atoms. The van der Waals surface area contributed by atoms with Crippen molar-refractivity contribution in [3.8, 4) is 0 Å². The highest BCUT2D eigenvalue weighted by atomic mass is 16.2. The fourth-order valence-electron chi connectivity index (χ4n) is 4.01. The molecule has 144 valence electrons. The summed E-state index contributed by atoms with van der Waals surface area (Å²) in [6.45, 7) is 9.38. The van der Waals surface area contributed by atoms with Gasteiger partial charge in [0.25, 0.3) is 0 Å². The lowest BCUT2D eigenvalue weighted by Gasteiger charge is -2.32. The van der Waals surface area contributed by atoms with E-state index in [1.54, 1.807) is 0 Å². The van der Waals surface area contributed by atoms with Crippen LogP contribution in [-0.4, -0.2) is 61.1 Å². The Balaban J connectivity index is 1.30. The number of nitrogens with zero attached hydrogens (tertiary/aromatic N) is 2. The first-order valence-electron chi connectivity index (χ1n) is 10.2. The smallest absolute Gasteiger partial charge is 0.315 e. The van der Waals surface area contributed by atoms with Crippen LogP contribution in [0.15, 0.2) is 24.3 Å². The third-order valence-corrected chi connectivity index (χ3v) is 5.74. The number of urea groups is 1. The summed E-state index contributed by atoms with van der Waals surface area (Å²) >= 11 is 0. The van der Waals surface area contributed by atoms with E-state index in [4.69, 9.17) is 0 Å². The van der Waals surface area contributed by atoms with E-state index < -0.39 is 0 Å². The van der Waals surface area contributed by atoms with Crippen molar-refractivity contribution in [1.82, 2.24) is 20.4 Å². The first kappa shape index (κ1) is 19.2. The number of hydrogen-bond donors (Lipinski definition) is 2. The van der Waals surface area contributed by atoms with E-state index in [0.717, 1.165) is 45.6 Å². The number of rotatable bonds is 6. The zero-order valence-electron chi connectivity index (χ0n) is 16.2. The number of aryl methyl sites for hydroxylation is 1. The average molecular weight is 359 g/mol. The molecular weight excluding hydrogens is 324 g/mol. The summed E-state index contributed by atoms with van der Waals surface area (Å²) in [4.78, 5) is 17.1. The maximum atomic E-state index is 12.1. The van der Waals surface area contributed by atoms with Crippen molar-refractivity contribution in [2.45, 2.75) is 51.6 Å². The average Bonchev–Trinajstić information content (AvgIpc) is 2.66. The van der Waals surface area contributed by atoms with Crippen LogP contribution in [0.5, 0.6) is 0 Å². The lowest BCUT2D eigenvalue weighted by Crippen LogP contribution is -2.49. The molecule has 2 N–H and O–H groups in total.